The fourth-order valence-corrected chi connectivity index (χ4v) is 2.69. The third-order valence-electron chi connectivity index (χ3n) is 3.65. The van der Waals surface area contributed by atoms with Gasteiger partial charge in [-0.15, -0.1) is 0 Å². The van der Waals surface area contributed by atoms with Crippen LogP contribution in [0.5, 0.6) is 11.5 Å². The van der Waals surface area contributed by atoms with Crippen LogP contribution in [0.2, 0.25) is 0 Å². The monoisotopic (exact) mass is 240 g/mol. The summed E-state index contributed by atoms with van der Waals surface area (Å²) in [6.07, 6.45) is 0. The maximum absolute atomic E-state index is 9.69. The third kappa shape index (κ3) is 1.17. The fourth-order valence-electron chi connectivity index (χ4n) is 2.69. The molecule has 2 aromatic carbocycles. The van der Waals surface area contributed by atoms with Crippen LogP contribution in [0.3, 0.4) is 0 Å². The summed E-state index contributed by atoms with van der Waals surface area (Å²) in [5, 5.41) is 9.69. The largest absolute Gasteiger partial charge is 0.508 e. The van der Waals surface area contributed by atoms with Crippen molar-refractivity contribution >= 4 is 0 Å². The smallest absolute Gasteiger partial charge is 0.181 e. The van der Waals surface area contributed by atoms with E-state index in [9.17, 15) is 5.11 Å². The van der Waals surface area contributed by atoms with Crippen LogP contribution in [0, 0.1) is 0 Å². The second-order valence-corrected chi connectivity index (χ2v) is 4.82. The predicted molar refractivity (Wildman–Crippen MR) is 66.7 cm³/mol. The Labute approximate surface area is 105 Å². The van der Waals surface area contributed by atoms with Gasteiger partial charge in [-0.3, -0.25) is 0 Å². The Balaban J connectivity index is 2.01. The van der Waals surface area contributed by atoms with Crippen molar-refractivity contribution in [2.45, 2.75) is 5.60 Å². The van der Waals surface area contributed by atoms with E-state index in [0.717, 1.165) is 22.4 Å². The Bertz CT molecular complexity index is 629. The van der Waals surface area contributed by atoms with Crippen LogP contribution in [0.1, 0.15) is 5.56 Å². The van der Waals surface area contributed by atoms with Gasteiger partial charge in [0.15, 0.2) is 5.60 Å². The molecule has 90 valence electrons. The summed E-state index contributed by atoms with van der Waals surface area (Å²) in [5.41, 5.74) is 2.80. The molecule has 4 rings (SSSR count). The summed E-state index contributed by atoms with van der Waals surface area (Å²) in [5.74, 6) is 1.15. The zero-order valence-electron chi connectivity index (χ0n) is 9.72. The molecule has 1 fully saturated rings. The first-order chi connectivity index (χ1) is 8.78. The number of rotatable bonds is 0. The van der Waals surface area contributed by atoms with Gasteiger partial charge in [0, 0.05) is 11.1 Å². The Kier molecular flexibility index (Phi) is 1.81. The Morgan fingerprint density at radius 2 is 1.83 bits per heavy atom. The van der Waals surface area contributed by atoms with Gasteiger partial charge in [-0.2, -0.15) is 0 Å². The summed E-state index contributed by atoms with van der Waals surface area (Å²) in [7, 11) is 0. The van der Waals surface area contributed by atoms with E-state index in [-0.39, 0.29) is 5.75 Å². The SMILES string of the molecule is Oc1ccc2c(c1)C1(COC1)Oc1ccccc1-2. The van der Waals surface area contributed by atoms with Crippen molar-refractivity contribution in [1.82, 2.24) is 0 Å². The zero-order valence-corrected chi connectivity index (χ0v) is 9.72. The lowest BCUT2D eigenvalue weighted by Gasteiger charge is -2.45. The number of benzene rings is 2. The number of fused-ring (bicyclic) bond motifs is 4. The Morgan fingerprint density at radius 1 is 1.00 bits per heavy atom. The van der Waals surface area contributed by atoms with Crippen LogP contribution in [0.4, 0.5) is 0 Å². The van der Waals surface area contributed by atoms with Crippen molar-refractivity contribution in [3.8, 4) is 22.6 Å². The summed E-state index contributed by atoms with van der Waals surface area (Å²) in [4.78, 5) is 0. The van der Waals surface area contributed by atoms with Crippen LogP contribution in [-0.4, -0.2) is 18.3 Å². The average Bonchev–Trinajstić information content (AvgIpc) is 2.35. The molecule has 2 heterocycles. The quantitative estimate of drug-likeness (QED) is 0.769. The zero-order chi connectivity index (χ0) is 12.2. The molecule has 3 heteroatoms. The summed E-state index contributed by atoms with van der Waals surface area (Å²) >= 11 is 0. The number of para-hydroxylation sites is 1. The summed E-state index contributed by atoms with van der Waals surface area (Å²) in [6.45, 7) is 1.08. The molecule has 0 aromatic heterocycles. The molecular weight excluding hydrogens is 228 g/mol. The maximum Gasteiger partial charge on any atom is 0.181 e. The molecule has 0 bridgehead atoms. The van der Waals surface area contributed by atoms with E-state index in [1.165, 1.54) is 0 Å². The van der Waals surface area contributed by atoms with Crippen molar-refractivity contribution in [3.05, 3.63) is 48.0 Å². The van der Waals surface area contributed by atoms with E-state index >= 15 is 0 Å². The van der Waals surface area contributed by atoms with Crippen molar-refractivity contribution in [3.63, 3.8) is 0 Å². The first-order valence-corrected chi connectivity index (χ1v) is 5.98. The van der Waals surface area contributed by atoms with E-state index in [2.05, 4.69) is 0 Å². The average molecular weight is 240 g/mol. The fraction of sp³-hybridized carbons (Fsp3) is 0.200. The minimum atomic E-state index is -0.414. The van der Waals surface area contributed by atoms with Gasteiger partial charge in [-0.1, -0.05) is 24.3 Å². The number of phenols is 1. The predicted octanol–water partition coefficient (Wildman–Crippen LogP) is 2.68. The Morgan fingerprint density at radius 3 is 2.61 bits per heavy atom. The second kappa shape index (κ2) is 3.27. The van der Waals surface area contributed by atoms with Crippen LogP contribution >= 0.6 is 0 Å². The molecule has 1 saturated heterocycles. The molecule has 2 aromatic rings. The van der Waals surface area contributed by atoms with Gasteiger partial charge in [0.25, 0.3) is 0 Å². The maximum atomic E-state index is 9.69. The third-order valence-corrected chi connectivity index (χ3v) is 3.65. The first kappa shape index (κ1) is 9.97. The van der Waals surface area contributed by atoms with Crippen LogP contribution in [0.15, 0.2) is 42.5 Å². The summed E-state index contributed by atoms with van der Waals surface area (Å²) < 4.78 is 11.4. The molecule has 0 unspecified atom stereocenters. The molecule has 18 heavy (non-hydrogen) atoms. The molecule has 3 nitrogen and oxygen atoms in total. The molecule has 1 N–H and O–H groups in total. The topological polar surface area (TPSA) is 38.7 Å². The van der Waals surface area contributed by atoms with E-state index in [1.54, 1.807) is 12.1 Å². The van der Waals surface area contributed by atoms with Crippen molar-refractivity contribution in [2.75, 3.05) is 13.2 Å². The normalized spacial score (nSPS) is 18.4. The number of hydrogen-bond donors (Lipinski definition) is 1. The minimum Gasteiger partial charge on any atom is -0.508 e. The van der Waals surface area contributed by atoms with Crippen LogP contribution in [-0.2, 0) is 10.3 Å². The van der Waals surface area contributed by atoms with Crippen molar-refractivity contribution in [2.24, 2.45) is 0 Å². The highest BCUT2D eigenvalue weighted by molar-refractivity contribution is 5.77. The molecule has 2 aliphatic heterocycles. The lowest BCUT2D eigenvalue weighted by molar-refractivity contribution is -0.169. The lowest BCUT2D eigenvalue weighted by Crippen LogP contribution is -2.52. The van der Waals surface area contributed by atoms with Crippen molar-refractivity contribution in [1.29, 1.82) is 0 Å². The number of hydrogen-bond acceptors (Lipinski definition) is 3. The molecule has 0 atom stereocenters. The van der Waals surface area contributed by atoms with Gasteiger partial charge in [0.05, 0.1) is 13.2 Å². The highest BCUT2D eigenvalue weighted by Gasteiger charge is 2.47. The molecular formula is C15H12O3. The van der Waals surface area contributed by atoms with Crippen LogP contribution in [0.25, 0.3) is 11.1 Å². The highest BCUT2D eigenvalue weighted by atomic mass is 16.6. The molecule has 0 amide bonds. The number of phenolic OH excluding ortho intramolecular Hbond substituents is 1. The van der Waals surface area contributed by atoms with Gasteiger partial charge in [-0.25, -0.2) is 0 Å². The van der Waals surface area contributed by atoms with Gasteiger partial charge in [0.2, 0.25) is 0 Å². The lowest BCUT2D eigenvalue weighted by atomic mass is 9.82. The van der Waals surface area contributed by atoms with Gasteiger partial charge in [-0.05, 0) is 23.8 Å². The molecule has 0 aliphatic carbocycles. The number of aromatic hydroxyl groups is 1. The number of ether oxygens (including phenoxy) is 2. The minimum absolute atomic E-state index is 0.267. The molecule has 0 saturated carbocycles. The van der Waals surface area contributed by atoms with Gasteiger partial charge >= 0.3 is 0 Å². The first-order valence-electron chi connectivity index (χ1n) is 5.98. The molecule has 2 aliphatic rings. The van der Waals surface area contributed by atoms with Crippen LogP contribution < -0.4 is 4.74 Å². The van der Waals surface area contributed by atoms with E-state index in [0.29, 0.717) is 13.2 Å². The van der Waals surface area contributed by atoms with Gasteiger partial charge in [0.1, 0.15) is 11.5 Å². The highest BCUT2D eigenvalue weighted by Crippen LogP contribution is 2.48. The molecule has 1 spiro atoms. The van der Waals surface area contributed by atoms with E-state index < -0.39 is 5.60 Å². The Hall–Kier alpha value is -2.00. The van der Waals surface area contributed by atoms with Crippen molar-refractivity contribution < 1.29 is 14.6 Å². The van der Waals surface area contributed by atoms with Gasteiger partial charge < -0.3 is 14.6 Å². The van der Waals surface area contributed by atoms with E-state index in [4.69, 9.17) is 9.47 Å². The summed E-state index contributed by atoms with van der Waals surface area (Å²) in [6, 6.07) is 13.4. The standard InChI is InChI=1S/C15H12O3/c16-10-5-6-11-12-3-1-2-4-14(12)18-15(8-17-9-15)13(11)7-10/h1-7,16H,8-9H2. The second-order valence-electron chi connectivity index (χ2n) is 4.82. The van der Waals surface area contributed by atoms with E-state index in [1.807, 2.05) is 30.3 Å². The molecule has 0 radical (unpaired) electrons.